The van der Waals surface area contributed by atoms with Gasteiger partial charge in [0.25, 0.3) is 0 Å². The minimum atomic E-state index is 0.486. The second-order valence-corrected chi connectivity index (χ2v) is 6.16. The first-order chi connectivity index (χ1) is 9.06. The fraction of sp³-hybridized carbons (Fsp3) is 0.0714. The van der Waals surface area contributed by atoms with E-state index in [1.165, 1.54) is 5.56 Å². The number of nitrogens with two attached hydrogens (primary N) is 1. The highest BCUT2D eigenvalue weighted by atomic mass is 79.9. The minimum Gasteiger partial charge on any atom is -0.369 e. The van der Waals surface area contributed by atoms with Crippen molar-refractivity contribution in [2.75, 3.05) is 5.73 Å². The van der Waals surface area contributed by atoms with Gasteiger partial charge in [-0.3, -0.25) is 4.57 Å². The molecule has 3 nitrogen and oxygen atoms in total. The van der Waals surface area contributed by atoms with Gasteiger partial charge < -0.3 is 5.73 Å². The molecule has 0 bridgehead atoms. The number of aromatic nitrogens is 2. The van der Waals surface area contributed by atoms with Gasteiger partial charge in [-0.2, -0.15) is 0 Å². The summed E-state index contributed by atoms with van der Waals surface area (Å²) in [5.74, 6) is 0.486. The lowest BCUT2D eigenvalue weighted by Gasteiger charge is -2.09. The molecule has 0 fully saturated rings. The molecule has 0 saturated heterocycles. The Morgan fingerprint density at radius 2 is 1.89 bits per heavy atom. The third-order valence-corrected chi connectivity index (χ3v) is 4.15. The molecule has 5 heteroatoms. The molecule has 0 spiro atoms. The zero-order valence-corrected chi connectivity index (χ0v) is 13.4. The molecule has 0 aliphatic carbocycles. The number of fused-ring (bicyclic) bond motifs is 1. The highest BCUT2D eigenvalue weighted by Crippen LogP contribution is 2.30. The van der Waals surface area contributed by atoms with Crippen LogP contribution in [0.4, 0.5) is 5.95 Å². The van der Waals surface area contributed by atoms with Gasteiger partial charge in [0.2, 0.25) is 5.95 Å². The second-order valence-electron chi connectivity index (χ2n) is 4.39. The van der Waals surface area contributed by atoms with E-state index in [2.05, 4.69) is 49.8 Å². The van der Waals surface area contributed by atoms with Crippen LogP contribution in [0.15, 0.2) is 45.3 Å². The van der Waals surface area contributed by atoms with Gasteiger partial charge in [-0.1, -0.05) is 22.0 Å². The summed E-state index contributed by atoms with van der Waals surface area (Å²) in [6.45, 7) is 2.06. The van der Waals surface area contributed by atoms with Crippen molar-refractivity contribution in [1.29, 1.82) is 0 Å². The monoisotopic (exact) mass is 379 g/mol. The van der Waals surface area contributed by atoms with Gasteiger partial charge in [0.1, 0.15) is 0 Å². The summed E-state index contributed by atoms with van der Waals surface area (Å²) >= 11 is 7.05. The van der Waals surface area contributed by atoms with Crippen molar-refractivity contribution < 1.29 is 0 Å². The fourth-order valence-electron chi connectivity index (χ4n) is 2.11. The Hall–Kier alpha value is -1.33. The lowest BCUT2D eigenvalue weighted by molar-refractivity contribution is 1.10. The van der Waals surface area contributed by atoms with Crippen molar-refractivity contribution in [2.45, 2.75) is 6.92 Å². The topological polar surface area (TPSA) is 43.8 Å². The van der Waals surface area contributed by atoms with Gasteiger partial charge in [-0.05, 0) is 58.7 Å². The Balaban J connectivity index is 2.38. The molecular formula is C14H11Br2N3. The van der Waals surface area contributed by atoms with Gasteiger partial charge in [0, 0.05) is 8.95 Å². The van der Waals surface area contributed by atoms with Crippen LogP contribution < -0.4 is 5.73 Å². The molecule has 0 aliphatic rings. The molecule has 3 rings (SSSR count). The van der Waals surface area contributed by atoms with Crippen molar-refractivity contribution >= 4 is 48.8 Å². The van der Waals surface area contributed by atoms with E-state index in [-0.39, 0.29) is 0 Å². The zero-order chi connectivity index (χ0) is 13.6. The highest BCUT2D eigenvalue weighted by molar-refractivity contribution is 9.11. The number of rotatable bonds is 1. The molecule has 0 saturated carbocycles. The predicted molar refractivity (Wildman–Crippen MR) is 85.6 cm³/mol. The summed E-state index contributed by atoms with van der Waals surface area (Å²) in [6.07, 6.45) is 0. The van der Waals surface area contributed by atoms with Crippen LogP contribution in [0.5, 0.6) is 0 Å². The second kappa shape index (κ2) is 4.65. The Kier molecular flexibility index (Phi) is 3.11. The van der Waals surface area contributed by atoms with Crippen molar-refractivity contribution in [3.63, 3.8) is 0 Å². The first-order valence-corrected chi connectivity index (χ1v) is 7.35. The zero-order valence-electron chi connectivity index (χ0n) is 10.2. The number of nitrogen functional groups attached to an aromatic ring is 1. The standard InChI is InChI=1S/C14H11Br2N3/c1-8-2-5-11-13(6-8)19(14(17)18-11)12-7-9(15)3-4-10(12)16/h2-7H,1H3,(H2,17,18). The molecule has 3 aromatic rings. The molecule has 0 atom stereocenters. The summed E-state index contributed by atoms with van der Waals surface area (Å²) < 4.78 is 3.93. The molecule has 2 N–H and O–H groups in total. The predicted octanol–water partition coefficient (Wildman–Crippen LogP) is 4.44. The largest absolute Gasteiger partial charge is 0.369 e. The molecular weight excluding hydrogens is 370 g/mol. The lowest BCUT2D eigenvalue weighted by atomic mass is 10.2. The third kappa shape index (κ3) is 2.17. The SMILES string of the molecule is Cc1ccc2nc(N)n(-c3cc(Br)ccc3Br)c2c1. The van der Waals surface area contributed by atoms with E-state index in [4.69, 9.17) is 5.73 Å². The van der Waals surface area contributed by atoms with E-state index in [0.717, 1.165) is 25.7 Å². The maximum Gasteiger partial charge on any atom is 0.205 e. The van der Waals surface area contributed by atoms with E-state index >= 15 is 0 Å². The molecule has 0 unspecified atom stereocenters. The molecule has 19 heavy (non-hydrogen) atoms. The highest BCUT2D eigenvalue weighted by Gasteiger charge is 2.12. The number of halogens is 2. The first-order valence-electron chi connectivity index (χ1n) is 5.76. The maximum absolute atomic E-state index is 6.07. The number of hydrogen-bond donors (Lipinski definition) is 1. The molecule has 1 heterocycles. The van der Waals surface area contributed by atoms with E-state index in [1.807, 2.05) is 34.9 Å². The summed E-state index contributed by atoms with van der Waals surface area (Å²) in [4.78, 5) is 4.41. The van der Waals surface area contributed by atoms with Crippen LogP contribution in [-0.4, -0.2) is 9.55 Å². The van der Waals surface area contributed by atoms with Crippen molar-refractivity contribution in [3.8, 4) is 5.69 Å². The third-order valence-electron chi connectivity index (χ3n) is 2.99. The summed E-state index contributed by atoms with van der Waals surface area (Å²) in [5, 5.41) is 0. The van der Waals surface area contributed by atoms with Crippen LogP contribution in [0.25, 0.3) is 16.7 Å². The Morgan fingerprint density at radius 3 is 2.68 bits per heavy atom. The maximum atomic E-state index is 6.07. The van der Waals surface area contributed by atoms with E-state index in [0.29, 0.717) is 5.95 Å². The quantitative estimate of drug-likeness (QED) is 0.678. The molecule has 0 aliphatic heterocycles. The number of anilines is 1. The smallest absolute Gasteiger partial charge is 0.205 e. The van der Waals surface area contributed by atoms with Crippen LogP contribution in [0.1, 0.15) is 5.56 Å². The van der Waals surface area contributed by atoms with Crippen LogP contribution >= 0.6 is 31.9 Å². The molecule has 0 amide bonds. The first kappa shape index (κ1) is 12.7. The Morgan fingerprint density at radius 1 is 1.11 bits per heavy atom. The minimum absolute atomic E-state index is 0.486. The number of aryl methyl sites for hydroxylation is 1. The Labute approximate surface area is 127 Å². The van der Waals surface area contributed by atoms with Crippen LogP contribution in [0.2, 0.25) is 0 Å². The summed E-state index contributed by atoms with van der Waals surface area (Å²) in [6, 6.07) is 12.1. The van der Waals surface area contributed by atoms with Gasteiger partial charge >= 0.3 is 0 Å². The van der Waals surface area contributed by atoms with E-state index < -0.39 is 0 Å². The summed E-state index contributed by atoms with van der Waals surface area (Å²) in [7, 11) is 0. The normalized spacial score (nSPS) is 11.1. The van der Waals surface area contributed by atoms with Gasteiger partial charge in [0.05, 0.1) is 16.7 Å². The average molecular weight is 381 g/mol. The van der Waals surface area contributed by atoms with Crippen LogP contribution in [-0.2, 0) is 0 Å². The molecule has 1 aromatic heterocycles. The molecule has 2 aromatic carbocycles. The lowest BCUT2D eigenvalue weighted by Crippen LogP contribution is -2.01. The average Bonchev–Trinajstić information content (AvgIpc) is 2.68. The number of imidazole rings is 1. The van der Waals surface area contributed by atoms with Crippen molar-refractivity contribution in [2.24, 2.45) is 0 Å². The molecule has 96 valence electrons. The number of nitrogens with zero attached hydrogens (tertiary/aromatic N) is 2. The number of hydrogen-bond acceptors (Lipinski definition) is 2. The van der Waals surface area contributed by atoms with Gasteiger partial charge in [-0.15, -0.1) is 0 Å². The van der Waals surface area contributed by atoms with Crippen molar-refractivity contribution in [3.05, 3.63) is 50.9 Å². The van der Waals surface area contributed by atoms with E-state index in [1.54, 1.807) is 0 Å². The summed E-state index contributed by atoms with van der Waals surface area (Å²) in [5.41, 5.74) is 10.1. The molecule has 0 radical (unpaired) electrons. The number of benzene rings is 2. The Bertz CT molecular complexity index is 778. The van der Waals surface area contributed by atoms with Gasteiger partial charge in [0.15, 0.2) is 0 Å². The fourth-order valence-corrected chi connectivity index (χ4v) is 2.89. The van der Waals surface area contributed by atoms with Crippen LogP contribution in [0.3, 0.4) is 0 Å². The van der Waals surface area contributed by atoms with Crippen molar-refractivity contribution in [1.82, 2.24) is 9.55 Å². The van der Waals surface area contributed by atoms with E-state index in [9.17, 15) is 0 Å². The van der Waals surface area contributed by atoms with Gasteiger partial charge in [-0.25, -0.2) is 4.98 Å². The van der Waals surface area contributed by atoms with Crippen LogP contribution in [0, 0.1) is 6.92 Å².